The lowest BCUT2D eigenvalue weighted by Gasteiger charge is -2.21. The third kappa shape index (κ3) is 3.92. The lowest BCUT2D eigenvalue weighted by Crippen LogP contribution is -2.23. The molecule has 11 heteroatoms. The number of rotatable bonds is 6. The van der Waals surface area contributed by atoms with E-state index in [1.165, 1.54) is 18.5 Å². The topological polar surface area (TPSA) is 72.3 Å². The number of alkyl halides is 5. The van der Waals surface area contributed by atoms with Crippen LogP contribution in [-0.4, -0.2) is 36.1 Å². The van der Waals surface area contributed by atoms with Crippen molar-refractivity contribution in [1.29, 1.82) is 0 Å². The second-order valence-corrected chi connectivity index (χ2v) is 7.94. The van der Waals surface area contributed by atoms with Crippen LogP contribution in [0.4, 0.5) is 22.0 Å². The summed E-state index contributed by atoms with van der Waals surface area (Å²) in [6, 6.07) is 4.65. The molecule has 1 aliphatic rings. The number of benzene rings is 1. The standard InChI is InChI=1S/C19H19F5N6/c1-11(17(2)7-8-17)30-16(27-15(29-30)14-25-10-26-28-14)12-3-5-13(6-4-12)18(20,21)9-19(22,23)24/h3-6,10-11H,7-9H2,1-2H3,(H,25,26,28). The van der Waals surface area contributed by atoms with Crippen LogP contribution in [0.25, 0.3) is 23.0 Å². The van der Waals surface area contributed by atoms with Crippen molar-refractivity contribution in [1.82, 2.24) is 29.9 Å². The minimum Gasteiger partial charge on any atom is -0.257 e. The fourth-order valence-corrected chi connectivity index (χ4v) is 3.33. The Labute approximate surface area is 168 Å². The highest BCUT2D eigenvalue weighted by atomic mass is 19.4. The molecule has 160 valence electrons. The molecule has 1 atom stereocenters. The van der Waals surface area contributed by atoms with E-state index in [-0.39, 0.29) is 11.5 Å². The molecular formula is C19H19F5N6. The molecule has 0 aliphatic heterocycles. The predicted molar refractivity (Wildman–Crippen MR) is 97.5 cm³/mol. The van der Waals surface area contributed by atoms with E-state index in [4.69, 9.17) is 0 Å². The summed E-state index contributed by atoms with van der Waals surface area (Å²) in [5, 5.41) is 11.0. The summed E-state index contributed by atoms with van der Waals surface area (Å²) < 4.78 is 67.1. The van der Waals surface area contributed by atoms with Gasteiger partial charge in [0.2, 0.25) is 5.82 Å². The highest BCUT2D eigenvalue weighted by Gasteiger charge is 2.46. The number of halogens is 5. The first kappa shape index (κ1) is 20.4. The van der Waals surface area contributed by atoms with Crippen molar-refractivity contribution >= 4 is 0 Å². The highest BCUT2D eigenvalue weighted by molar-refractivity contribution is 5.59. The van der Waals surface area contributed by atoms with Crippen LogP contribution >= 0.6 is 0 Å². The molecule has 1 aliphatic carbocycles. The summed E-state index contributed by atoms with van der Waals surface area (Å²) in [7, 11) is 0. The Hall–Kier alpha value is -2.85. The van der Waals surface area contributed by atoms with Gasteiger partial charge >= 0.3 is 6.18 Å². The Kier molecular flexibility index (Phi) is 4.66. The molecule has 1 fully saturated rings. The third-order valence-corrected chi connectivity index (χ3v) is 5.66. The van der Waals surface area contributed by atoms with Gasteiger partial charge in [0, 0.05) is 11.1 Å². The van der Waals surface area contributed by atoms with Gasteiger partial charge in [-0.05, 0) is 25.2 Å². The third-order valence-electron chi connectivity index (χ3n) is 5.66. The average molecular weight is 426 g/mol. The van der Waals surface area contributed by atoms with Crippen molar-refractivity contribution in [3.8, 4) is 23.0 Å². The summed E-state index contributed by atoms with van der Waals surface area (Å²) in [6.45, 7) is 4.12. The number of hydrogen-bond donors (Lipinski definition) is 1. The molecule has 1 aromatic carbocycles. The largest absolute Gasteiger partial charge is 0.395 e. The van der Waals surface area contributed by atoms with E-state index < -0.39 is 24.1 Å². The molecule has 30 heavy (non-hydrogen) atoms. The van der Waals surface area contributed by atoms with Crippen molar-refractivity contribution in [3.63, 3.8) is 0 Å². The van der Waals surface area contributed by atoms with Gasteiger partial charge in [-0.1, -0.05) is 31.2 Å². The zero-order valence-corrected chi connectivity index (χ0v) is 16.2. The normalized spacial score (nSPS) is 17.2. The molecule has 0 spiro atoms. The Bertz CT molecular complexity index is 1020. The maximum absolute atomic E-state index is 14.0. The molecule has 4 rings (SSSR count). The predicted octanol–water partition coefficient (Wildman–Crippen LogP) is 5.14. The molecule has 2 aromatic heterocycles. The first-order valence-electron chi connectivity index (χ1n) is 9.36. The first-order valence-corrected chi connectivity index (χ1v) is 9.36. The van der Waals surface area contributed by atoms with E-state index in [0.717, 1.165) is 25.0 Å². The zero-order valence-electron chi connectivity index (χ0n) is 16.2. The number of aromatic amines is 1. The monoisotopic (exact) mass is 426 g/mol. The Balaban J connectivity index is 1.71. The number of hydrogen-bond acceptors (Lipinski definition) is 4. The molecule has 2 heterocycles. The summed E-state index contributed by atoms with van der Waals surface area (Å²) in [5.41, 5.74) is -0.191. The molecule has 0 amide bonds. The van der Waals surface area contributed by atoms with Gasteiger partial charge < -0.3 is 0 Å². The lowest BCUT2D eigenvalue weighted by atomic mass is 10.00. The van der Waals surface area contributed by atoms with Crippen LogP contribution in [-0.2, 0) is 5.92 Å². The van der Waals surface area contributed by atoms with Crippen molar-refractivity contribution in [2.45, 2.75) is 51.3 Å². The number of H-pyrrole nitrogens is 1. The molecule has 6 nitrogen and oxygen atoms in total. The van der Waals surface area contributed by atoms with Crippen molar-refractivity contribution in [3.05, 3.63) is 36.2 Å². The van der Waals surface area contributed by atoms with Crippen LogP contribution in [0, 0.1) is 5.41 Å². The van der Waals surface area contributed by atoms with Crippen LogP contribution in [0.15, 0.2) is 30.6 Å². The maximum Gasteiger partial charge on any atom is 0.395 e. The van der Waals surface area contributed by atoms with E-state index in [2.05, 4.69) is 32.2 Å². The highest BCUT2D eigenvalue weighted by Crippen LogP contribution is 2.54. The quantitative estimate of drug-likeness (QED) is 0.555. The van der Waals surface area contributed by atoms with Crippen molar-refractivity contribution in [2.75, 3.05) is 0 Å². The number of nitrogens with one attached hydrogen (secondary N) is 1. The number of nitrogens with zero attached hydrogens (tertiary/aromatic N) is 5. The molecule has 3 aromatic rings. The van der Waals surface area contributed by atoms with Gasteiger partial charge in [0.25, 0.3) is 5.92 Å². The van der Waals surface area contributed by atoms with E-state index in [0.29, 0.717) is 23.0 Å². The zero-order chi connectivity index (χ0) is 21.7. The molecular weight excluding hydrogens is 407 g/mol. The summed E-state index contributed by atoms with van der Waals surface area (Å²) in [5.74, 6) is -2.93. The molecule has 0 saturated heterocycles. The minimum atomic E-state index is -4.97. The maximum atomic E-state index is 14.0. The van der Waals surface area contributed by atoms with Crippen LogP contribution < -0.4 is 0 Å². The minimum absolute atomic E-state index is 0.0250. The van der Waals surface area contributed by atoms with E-state index in [1.54, 1.807) is 4.68 Å². The van der Waals surface area contributed by atoms with Crippen LogP contribution in [0.3, 0.4) is 0 Å². The first-order chi connectivity index (χ1) is 14.0. The van der Waals surface area contributed by atoms with Crippen LogP contribution in [0.2, 0.25) is 0 Å². The molecule has 1 saturated carbocycles. The van der Waals surface area contributed by atoms with Crippen LogP contribution in [0.1, 0.15) is 44.7 Å². The average Bonchev–Trinajstić information content (AvgIpc) is 3.09. The fourth-order valence-electron chi connectivity index (χ4n) is 3.33. The Morgan fingerprint density at radius 2 is 1.80 bits per heavy atom. The van der Waals surface area contributed by atoms with E-state index >= 15 is 0 Å². The van der Waals surface area contributed by atoms with E-state index in [1.807, 2.05) is 6.92 Å². The van der Waals surface area contributed by atoms with Crippen LogP contribution in [0.5, 0.6) is 0 Å². The number of aromatic nitrogens is 6. The Morgan fingerprint density at radius 3 is 2.33 bits per heavy atom. The van der Waals surface area contributed by atoms with Crippen molar-refractivity contribution in [2.24, 2.45) is 5.41 Å². The second kappa shape index (κ2) is 6.85. The molecule has 0 radical (unpaired) electrons. The van der Waals surface area contributed by atoms with E-state index in [9.17, 15) is 22.0 Å². The summed E-state index contributed by atoms with van der Waals surface area (Å²) in [4.78, 5) is 8.53. The summed E-state index contributed by atoms with van der Waals surface area (Å²) in [6.07, 6.45) is -3.82. The van der Waals surface area contributed by atoms with Gasteiger partial charge in [-0.15, -0.1) is 5.10 Å². The summed E-state index contributed by atoms with van der Waals surface area (Å²) >= 11 is 0. The SMILES string of the molecule is CC(n1nc(-c2ncn[nH]2)nc1-c1ccc(C(F)(F)CC(F)(F)F)cc1)C1(C)CC1. The van der Waals surface area contributed by atoms with Gasteiger partial charge in [0.05, 0.1) is 6.04 Å². The Morgan fingerprint density at radius 1 is 1.13 bits per heavy atom. The van der Waals surface area contributed by atoms with Gasteiger partial charge in [0.15, 0.2) is 11.6 Å². The van der Waals surface area contributed by atoms with Crippen molar-refractivity contribution < 1.29 is 22.0 Å². The molecule has 1 unspecified atom stereocenters. The molecule has 1 N–H and O–H groups in total. The van der Waals surface area contributed by atoms with Gasteiger partial charge in [-0.2, -0.15) is 18.3 Å². The second-order valence-electron chi connectivity index (χ2n) is 7.94. The smallest absolute Gasteiger partial charge is 0.257 e. The lowest BCUT2D eigenvalue weighted by molar-refractivity contribution is -0.190. The van der Waals surface area contributed by atoms with Gasteiger partial charge in [-0.25, -0.2) is 23.4 Å². The van der Waals surface area contributed by atoms with Gasteiger partial charge in [-0.3, -0.25) is 5.10 Å². The molecule has 0 bridgehead atoms. The fraction of sp³-hybridized carbons (Fsp3) is 0.474. The van der Waals surface area contributed by atoms with Gasteiger partial charge in [0.1, 0.15) is 12.7 Å².